The Morgan fingerprint density at radius 1 is 1.10 bits per heavy atom. The Kier molecular flexibility index (Phi) is 8.05. The minimum atomic E-state index is -2.65. The number of amides is 2. The van der Waals surface area contributed by atoms with Gasteiger partial charge in [-0.2, -0.15) is 0 Å². The fourth-order valence-corrected chi connectivity index (χ4v) is 6.54. The van der Waals surface area contributed by atoms with Crippen LogP contribution in [0.2, 0.25) is 0 Å². The van der Waals surface area contributed by atoms with Gasteiger partial charge in [-0.1, -0.05) is 13.0 Å². The van der Waals surface area contributed by atoms with E-state index in [-0.39, 0.29) is 48.7 Å². The van der Waals surface area contributed by atoms with Gasteiger partial charge in [0.1, 0.15) is 22.8 Å². The molecule has 0 heterocycles. The smallest absolute Gasteiger partial charge is 0.258 e. The molecule has 222 valence electrons. The number of phenolic OH excluding ortho intramolecular Hbond substituents is 1. The summed E-state index contributed by atoms with van der Waals surface area (Å²) in [7, 11) is 7.93. The summed E-state index contributed by atoms with van der Waals surface area (Å²) in [4.78, 5) is 55.5. The number of hydrogen-bond acceptors (Lipinski definition) is 10. The molecule has 4 rings (SSSR count). The molecule has 41 heavy (non-hydrogen) atoms. The van der Waals surface area contributed by atoms with E-state index in [1.807, 2.05) is 6.92 Å². The second-order valence-electron chi connectivity index (χ2n) is 11.4. The van der Waals surface area contributed by atoms with Gasteiger partial charge in [0, 0.05) is 30.6 Å². The van der Waals surface area contributed by atoms with E-state index in [0.29, 0.717) is 17.5 Å². The molecule has 12 nitrogen and oxygen atoms in total. The Bertz CT molecular complexity index is 1400. The monoisotopic (exact) mass is 570 g/mol. The first kappa shape index (κ1) is 30.2. The second kappa shape index (κ2) is 10.9. The molecule has 1 aromatic rings. The van der Waals surface area contributed by atoms with Gasteiger partial charge in [-0.25, -0.2) is 0 Å². The number of ketones is 2. The van der Waals surface area contributed by atoms with Crippen molar-refractivity contribution < 1.29 is 39.6 Å². The van der Waals surface area contributed by atoms with Crippen LogP contribution in [0.25, 0.3) is 5.76 Å². The number of aliphatic hydroxyl groups excluding tert-OH is 2. The van der Waals surface area contributed by atoms with E-state index in [1.54, 1.807) is 39.2 Å². The van der Waals surface area contributed by atoms with Crippen LogP contribution in [0.4, 0.5) is 0 Å². The number of benzene rings is 1. The van der Waals surface area contributed by atoms with Crippen molar-refractivity contribution in [1.82, 2.24) is 20.4 Å². The molecule has 0 saturated heterocycles. The van der Waals surface area contributed by atoms with Gasteiger partial charge in [-0.05, 0) is 64.5 Å². The summed E-state index contributed by atoms with van der Waals surface area (Å²) >= 11 is 0. The Morgan fingerprint density at radius 3 is 2.32 bits per heavy atom. The van der Waals surface area contributed by atoms with Gasteiger partial charge in [-0.3, -0.25) is 24.1 Å². The van der Waals surface area contributed by atoms with Crippen molar-refractivity contribution in [2.24, 2.45) is 11.8 Å². The quantitative estimate of drug-likeness (QED) is 0.244. The van der Waals surface area contributed by atoms with Gasteiger partial charge in [0.05, 0.1) is 18.2 Å². The fraction of sp³-hybridized carbons (Fsp3) is 0.517. The SMILES string of the molecule is CCc1cc(CNC(=O)CN(C)C)c(O)c2c1CC1C[C@H]3C(N(C)C)C(=O)C(C(=O)NC)=C(O)[C@@]3(O)C(=O)C1=C2O. The van der Waals surface area contributed by atoms with Gasteiger partial charge < -0.3 is 36.0 Å². The van der Waals surface area contributed by atoms with Crippen LogP contribution in [0.1, 0.15) is 35.6 Å². The minimum Gasteiger partial charge on any atom is -0.508 e. The van der Waals surface area contributed by atoms with Gasteiger partial charge in [0.25, 0.3) is 5.91 Å². The van der Waals surface area contributed by atoms with E-state index in [0.717, 1.165) is 5.56 Å². The molecule has 12 heteroatoms. The molecule has 4 atom stereocenters. The summed E-state index contributed by atoms with van der Waals surface area (Å²) in [6, 6.07) is 0.671. The lowest BCUT2D eigenvalue weighted by Crippen LogP contribution is -2.65. The van der Waals surface area contributed by atoms with Crippen molar-refractivity contribution in [1.29, 1.82) is 0 Å². The maximum atomic E-state index is 14.1. The number of carbonyl (C=O) groups is 4. The summed E-state index contributed by atoms with van der Waals surface area (Å²) in [5.41, 5.74) is -1.72. The molecule has 3 aliphatic rings. The van der Waals surface area contributed by atoms with Crippen LogP contribution in [0.3, 0.4) is 0 Å². The number of aryl methyl sites for hydroxylation is 1. The number of carbonyl (C=O) groups excluding carboxylic acids is 4. The van der Waals surface area contributed by atoms with E-state index in [9.17, 15) is 39.6 Å². The molecule has 2 amide bonds. The molecule has 3 aliphatic carbocycles. The van der Waals surface area contributed by atoms with E-state index in [4.69, 9.17) is 0 Å². The third kappa shape index (κ3) is 4.69. The van der Waals surface area contributed by atoms with Gasteiger partial charge in [0.15, 0.2) is 11.4 Å². The highest BCUT2D eigenvalue weighted by atomic mass is 16.3. The number of aromatic hydroxyl groups is 1. The molecule has 2 unspecified atom stereocenters. The first-order chi connectivity index (χ1) is 19.2. The third-order valence-corrected chi connectivity index (χ3v) is 8.42. The summed E-state index contributed by atoms with van der Waals surface area (Å²) in [5, 5.41) is 50.8. The molecule has 0 spiro atoms. The third-order valence-electron chi connectivity index (χ3n) is 8.42. The predicted octanol–water partition coefficient (Wildman–Crippen LogP) is -0.0351. The Balaban J connectivity index is 1.87. The number of fused-ring (bicyclic) bond motifs is 3. The number of nitrogens with zero attached hydrogens (tertiary/aromatic N) is 2. The Hall–Kier alpha value is -3.74. The van der Waals surface area contributed by atoms with Crippen LogP contribution in [-0.2, 0) is 38.6 Å². The van der Waals surface area contributed by atoms with E-state index in [2.05, 4.69) is 10.6 Å². The largest absolute Gasteiger partial charge is 0.508 e. The summed E-state index contributed by atoms with van der Waals surface area (Å²) < 4.78 is 0. The summed E-state index contributed by atoms with van der Waals surface area (Å²) in [6.07, 6.45) is 0.820. The molecular weight excluding hydrogens is 532 g/mol. The minimum absolute atomic E-state index is 0.0174. The average Bonchev–Trinajstić information content (AvgIpc) is 2.89. The number of hydrogen-bond donors (Lipinski definition) is 6. The standard InChI is InChI=1S/C29H38N4O8/c1-7-13-8-15(11-31-18(34)12-32(3)4)23(35)20-16(13)9-14-10-17-22(33(5)6)25(37)21(28(40)30-2)27(39)29(17,41)26(38)19(14)24(20)36/h8,14,17,22,35-36,39,41H,7,9-12H2,1-6H3,(H,30,40)(H,31,34)/t14?,17-,22?,29-/m0/s1. The molecule has 0 radical (unpaired) electrons. The highest BCUT2D eigenvalue weighted by Gasteiger charge is 2.64. The van der Waals surface area contributed by atoms with Crippen molar-refractivity contribution >= 4 is 29.1 Å². The van der Waals surface area contributed by atoms with Crippen LogP contribution < -0.4 is 10.6 Å². The fourth-order valence-electron chi connectivity index (χ4n) is 6.54. The number of nitrogens with one attached hydrogen (secondary N) is 2. The summed E-state index contributed by atoms with van der Waals surface area (Å²) in [6.45, 7) is 2.03. The van der Waals surface area contributed by atoms with Crippen molar-refractivity contribution in [3.05, 3.63) is 45.2 Å². The number of rotatable bonds is 7. The zero-order valence-corrected chi connectivity index (χ0v) is 24.2. The lowest BCUT2D eigenvalue weighted by atomic mass is 9.57. The van der Waals surface area contributed by atoms with Crippen molar-refractivity contribution in [2.75, 3.05) is 41.8 Å². The van der Waals surface area contributed by atoms with Crippen LogP contribution >= 0.6 is 0 Å². The van der Waals surface area contributed by atoms with E-state index >= 15 is 0 Å². The van der Waals surface area contributed by atoms with Crippen LogP contribution in [0.15, 0.2) is 23.0 Å². The zero-order valence-electron chi connectivity index (χ0n) is 24.2. The van der Waals surface area contributed by atoms with Gasteiger partial charge >= 0.3 is 0 Å². The maximum Gasteiger partial charge on any atom is 0.258 e. The maximum absolute atomic E-state index is 14.1. The normalized spacial score (nSPS) is 25.7. The zero-order chi connectivity index (χ0) is 30.5. The van der Waals surface area contributed by atoms with Gasteiger partial charge in [0.2, 0.25) is 11.7 Å². The van der Waals surface area contributed by atoms with Crippen LogP contribution in [0.5, 0.6) is 5.75 Å². The lowest BCUT2D eigenvalue weighted by Gasteiger charge is -2.50. The molecule has 1 aromatic carbocycles. The molecule has 0 bridgehead atoms. The average molecular weight is 571 g/mol. The van der Waals surface area contributed by atoms with E-state index < -0.39 is 58.0 Å². The van der Waals surface area contributed by atoms with Gasteiger partial charge in [-0.15, -0.1) is 0 Å². The molecule has 1 fully saturated rings. The summed E-state index contributed by atoms with van der Waals surface area (Å²) in [5.74, 6) is -6.55. The topological polar surface area (TPSA) is 180 Å². The highest BCUT2D eigenvalue weighted by molar-refractivity contribution is 6.24. The molecular formula is C29H38N4O8. The molecule has 6 N–H and O–H groups in total. The second-order valence-corrected chi connectivity index (χ2v) is 11.4. The van der Waals surface area contributed by atoms with Crippen LogP contribution in [0, 0.1) is 11.8 Å². The first-order valence-corrected chi connectivity index (χ1v) is 13.6. The molecule has 1 saturated carbocycles. The highest BCUT2D eigenvalue weighted by Crippen LogP contribution is 2.53. The Morgan fingerprint density at radius 2 is 1.76 bits per heavy atom. The van der Waals surface area contributed by atoms with Crippen molar-refractivity contribution in [3.63, 3.8) is 0 Å². The predicted molar refractivity (Wildman–Crippen MR) is 149 cm³/mol. The van der Waals surface area contributed by atoms with E-state index in [1.165, 1.54) is 11.9 Å². The van der Waals surface area contributed by atoms with Crippen molar-refractivity contribution in [2.45, 2.75) is 44.4 Å². The first-order valence-electron chi connectivity index (χ1n) is 13.6. The Labute approximate surface area is 238 Å². The molecule has 0 aromatic heterocycles. The number of likely N-dealkylation sites (N-methyl/N-ethyl adjacent to an activating group) is 3. The molecule has 0 aliphatic heterocycles. The number of Topliss-reactive ketones (excluding diaryl/α,β-unsaturated/α-hetero) is 2. The number of aliphatic hydroxyl groups is 3. The van der Waals surface area contributed by atoms with Crippen molar-refractivity contribution in [3.8, 4) is 5.75 Å². The van der Waals surface area contributed by atoms with Crippen LogP contribution in [-0.4, -0.2) is 107 Å². The number of phenols is 1. The lowest BCUT2D eigenvalue weighted by molar-refractivity contribution is -0.153.